The van der Waals surface area contributed by atoms with Crippen molar-refractivity contribution in [3.8, 4) is 17.2 Å². The van der Waals surface area contributed by atoms with E-state index in [9.17, 15) is 24.6 Å². The van der Waals surface area contributed by atoms with Crippen LogP contribution in [0.4, 0.5) is 0 Å². The Morgan fingerprint density at radius 1 is 1.20 bits per heavy atom. The lowest BCUT2D eigenvalue weighted by molar-refractivity contribution is -0.127. The van der Waals surface area contributed by atoms with Crippen molar-refractivity contribution in [2.75, 3.05) is 26.7 Å². The van der Waals surface area contributed by atoms with Crippen LogP contribution in [0.2, 0.25) is 0 Å². The fraction of sp³-hybridized carbons (Fsp3) is 0.333. The van der Waals surface area contributed by atoms with Crippen molar-refractivity contribution in [1.82, 2.24) is 14.8 Å². The highest BCUT2D eigenvalue weighted by Crippen LogP contribution is 2.39. The predicted molar refractivity (Wildman–Crippen MR) is 105 cm³/mol. The summed E-state index contributed by atoms with van der Waals surface area (Å²) in [4.78, 5) is 43.5. The number of pyridine rings is 1. The van der Waals surface area contributed by atoms with Gasteiger partial charge in [0.05, 0.1) is 12.1 Å². The molecule has 0 bridgehead atoms. The third kappa shape index (κ3) is 3.54. The molecule has 3 heterocycles. The SMILES string of the molecule is CN1CC[C@@H](c2cc(Oc3ccc(C(=O)N4CCC4)nc3)c(O)c(C(=O)O)c2)C1=O. The molecule has 4 rings (SSSR count). The number of benzene rings is 1. The highest BCUT2D eigenvalue weighted by atomic mass is 16.5. The van der Waals surface area contributed by atoms with Crippen LogP contribution in [-0.4, -0.2) is 69.5 Å². The molecule has 0 radical (unpaired) electrons. The van der Waals surface area contributed by atoms with Gasteiger partial charge in [-0.25, -0.2) is 9.78 Å². The first-order chi connectivity index (χ1) is 14.3. The zero-order valence-electron chi connectivity index (χ0n) is 16.4. The van der Waals surface area contributed by atoms with E-state index in [1.807, 2.05) is 0 Å². The molecular weight excluding hydrogens is 390 g/mol. The number of phenols is 1. The molecule has 2 N–H and O–H groups in total. The molecule has 1 aromatic heterocycles. The number of carbonyl (C=O) groups is 3. The maximum absolute atomic E-state index is 12.4. The molecule has 2 aliphatic rings. The highest BCUT2D eigenvalue weighted by Gasteiger charge is 2.32. The lowest BCUT2D eigenvalue weighted by atomic mass is 9.95. The van der Waals surface area contributed by atoms with Gasteiger partial charge in [0.1, 0.15) is 17.0 Å². The van der Waals surface area contributed by atoms with Gasteiger partial charge in [-0.1, -0.05) is 0 Å². The molecule has 2 aromatic rings. The third-order valence-corrected chi connectivity index (χ3v) is 5.48. The molecule has 2 fully saturated rings. The fourth-order valence-electron chi connectivity index (χ4n) is 3.58. The maximum Gasteiger partial charge on any atom is 0.339 e. The number of likely N-dealkylation sites (tertiary alicyclic amines) is 2. The molecule has 0 unspecified atom stereocenters. The largest absolute Gasteiger partial charge is 0.504 e. The van der Waals surface area contributed by atoms with Crippen LogP contribution < -0.4 is 4.74 Å². The summed E-state index contributed by atoms with van der Waals surface area (Å²) in [5, 5.41) is 19.8. The number of hydrogen-bond acceptors (Lipinski definition) is 6. The van der Waals surface area contributed by atoms with Gasteiger partial charge in [-0.3, -0.25) is 9.59 Å². The number of aromatic carboxylic acids is 1. The van der Waals surface area contributed by atoms with Gasteiger partial charge < -0.3 is 24.7 Å². The van der Waals surface area contributed by atoms with Crippen LogP contribution >= 0.6 is 0 Å². The van der Waals surface area contributed by atoms with Crippen LogP contribution in [0.25, 0.3) is 0 Å². The summed E-state index contributed by atoms with van der Waals surface area (Å²) in [6.07, 6.45) is 2.87. The Morgan fingerprint density at radius 2 is 1.97 bits per heavy atom. The van der Waals surface area contributed by atoms with Gasteiger partial charge in [0, 0.05) is 26.7 Å². The molecule has 2 amide bonds. The zero-order chi connectivity index (χ0) is 21.4. The van der Waals surface area contributed by atoms with Gasteiger partial charge in [-0.15, -0.1) is 0 Å². The maximum atomic E-state index is 12.4. The summed E-state index contributed by atoms with van der Waals surface area (Å²) in [5.41, 5.74) is 0.403. The van der Waals surface area contributed by atoms with E-state index in [4.69, 9.17) is 4.74 Å². The van der Waals surface area contributed by atoms with Gasteiger partial charge in [-0.05, 0) is 42.7 Å². The van der Waals surface area contributed by atoms with Crippen molar-refractivity contribution in [3.63, 3.8) is 0 Å². The summed E-state index contributed by atoms with van der Waals surface area (Å²) in [6, 6.07) is 5.83. The van der Waals surface area contributed by atoms with Gasteiger partial charge in [-0.2, -0.15) is 0 Å². The molecule has 9 nitrogen and oxygen atoms in total. The average Bonchev–Trinajstić information content (AvgIpc) is 3.01. The summed E-state index contributed by atoms with van der Waals surface area (Å²) >= 11 is 0. The van der Waals surface area contributed by atoms with Gasteiger partial charge in [0.25, 0.3) is 5.91 Å². The van der Waals surface area contributed by atoms with Crippen LogP contribution in [0.5, 0.6) is 17.2 Å². The second kappa shape index (κ2) is 7.66. The molecule has 0 aliphatic carbocycles. The monoisotopic (exact) mass is 411 g/mol. The summed E-state index contributed by atoms with van der Waals surface area (Å²) < 4.78 is 5.67. The van der Waals surface area contributed by atoms with E-state index in [0.29, 0.717) is 31.6 Å². The van der Waals surface area contributed by atoms with E-state index >= 15 is 0 Å². The normalized spacial score (nSPS) is 18.3. The number of carbonyl (C=O) groups excluding carboxylic acids is 2. The van der Waals surface area contributed by atoms with E-state index in [1.54, 1.807) is 16.8 Å². The zero-order valence-corrected chi connectivity index (χ0v) is 16.4. The number of nitrogens with zero attached hydrogens (tertiary/aromatic N) is 3. The summed E-state index contributed by atoms with van der Waals surface area (Å²) in [5.74, 6) is -2.49. The Labute approximate surface area is 172 Å². The number of likely N-dealkylation sites (N-methyl/N-ethyl adjacent to an activating group) is 1. The average molecular weight is 411 g/mol. The van der Waals surface area contributed by atoms with Crippen molar-refractivity contribution < 1.29 is 29.3 Å². The molecular formula is C21H21N3O6. The Balaban J connectivity index is 1.62. The Morgan fingerprint density at radius 3 is 2.50 bits per heavy atom. The van der Waals surface area contributed by atoms with E-state index in [2.05, 4.69) is 4.98 Å². The minimum atomic E-state index is -1.33. The number of ether oxygens (including phenoxy) is 1. The standard InChI is InChI=1S/C21H21N3O6/c1-23-8-5-14(19(23)26)12-9-15(21(28)29)18(25)17(10-12)30-13-3-4-16(22-11-13)20(27)24-6-2-7-24/h3-4,9-11,14,25H,2,5-8H2,1H3,(H,28,29)/t14-/m0/s1. The molecule has 156 valence electrons. The molecule has 2 aliphatic heterocycles. The summed E-state index contributed by atoms with van der Waals surface area (Å²) in [7, 11) is 1.69. The topological polar surface area (TPSA) is 120 Å². The third-order valence-electron chi connectivity index (χ3n) is 5.48. The van der Waals surface area contributed by atoms with Crippen LogP contribution in [0.15, 0.2) is 30.5 Å². The van der Waals surface area contributed by atoms with Crippen molar-refractivity contribution in [1.29, 1.82) is 0 Å². The number of hydrogen-bond donors (Lipinski definition) is 2. The molecule has 2 saturated heterocycles. The van der Waals surface area contributed by atoms with Crippen molar-refractivity contribution in [2.45, 2.75) is 18.8 Å². The quantitative estimate of drug-likeness (QED) is 0.773. The van der Waals surface area contributed by atoms with Crippen LogP contribution in [0.3, 0.4) is 0 Å². The van der Waals surface area contributed by atoms with E-state index in [0.717, 1.165) is 6.42 Å². The number of aromatic nitrogens is 1. The van der Waals surface area contributed by atoms with Crippen LogP contribution in [0.1, 0.15) is 45.2 Å². The number of rotatable bonds is 5. The lowest BCUT2D eigenvalue weighted by Crippen LogP contribution is -2.42. The van der Waals surface area contributed by atoms with Crippen molar-refractivity contribution in [3.05, 3.63) is 47.3 Å². The van der Waals surface area contributed by atoms with E-state index in [-0.39, 0.29) is 34.6 Å². The first kappa shape index (κ1) is 19.7. The molecule has 1 atom stereocenters. The molecule has 1 aromatic carbocycles. The lowest BCUT2D eigenvalue weighted by Gasteiger charge is -2.30. The van der Waals surface area contributed by atoms with Crippen molar-refractivity contribution in [2.24, 2.45) is 0 Å². The van der Waals surface area contributed by atoms with Crippen LogP contribution in [-0.2, 0) is 4.79 Å². The fourth-order valence-corrected chi connectivity index (χ4v) is 3.58. The molecule has 0 spiro atoms. The second-order valence-electron chi connectivity index (χ2n) is 7.45. The second-order valence-corrected chi connectivity index (χ2v) is 7.45. The molecule has 9 heteroatoms. The first-order valence-corrected chi connectivity index (χ1v) is 9.63. The van der Waals surface area contributed by atoms with Gasteiger partial charge >= 0.3 is 5.97 Å². The number of aromatic hydroxyl groups is 1. The first-order valence-electron chi connectivity index (χ1n) is 9.63. The van der Waals surface area contributed by atoms with Gasteiger partial charge in [0.2, 0.25) is 5.91 Å². The summed E-state index contributed by atoms with van der Waals surface area (Å²) in [6.45, 7) is 2.00. The van der Waals surface area contributed by atoms with Crippen molar-refractivity contribution >= 4 is 17.8 Å². The van der Waals surface area contributed by atoms with Crippen LogP contribution in [0, 0.1) is 0 Å². The minimum absolute atomic E-state index is 0.0872. The van der Waals surface area contributed by atoms with Gasteiger partial charge in [0.15, 0.2) is 11.5 Å². The van der Waals surface area contributed by atoms with E-state index < -0.39 is 17.6 Å². The molecule has 0 saturated carbocycles. The Hall–Kier alpha value is -3.62. The smallest absolute Gasteiger partial charge is 0.339 e. The highest BCUT2D eigenvalue weighted by molar-refractivity contribution is 5.94. The number of carboxylic acids is 1. The molecule has 30 heavy (non-hydrogen) atoms. The number of amides is 2. The van der Waals surface area contributed by atoms with E-state index in [1.165, 1.54) is 30.5 Å². The minimum Gasteiger partial charge on any atom is -0.504 e. The Bertz CT molecular complexity index is 1020. The number of carboxylic acid groups (broad SMARTS) is 1. The Kier molecular flexibility index (Phi) is 5.03. The predicted octanol–water partition coefficient (Wildman–Crippen LogP) is 2.07.